The molecule has 0 saturated carbocycles. The maximum absolute atomic E-state index is 6.63. The van der Waals surface area contributed by atoms with Crippen molar-refractivity contribution in [1.29, 1.82) is 0 Å². The zero-order valence-electron chi connectivity index (χ0n) is 81.0. The third kappa shape index (κ3) is 10.6. The first kappa shape index (κ1) is 81.7. The highest BCUT2D eigenvalue weighted by Gasteiger charge is 2.55. The van der Waals surface area contributed by atoms with Gasteiger partial charge in [-0.25, -0.2) is 0 Å². The van der Waals surface area contributed by atoms with Crippen LogP contribution in [0, 0.1) is 0 Å². The molecule has 148 heavy (non-hydrogen) atoms. The van der Waals surface area contributed by atoms with Gasteiger partial charge >= 0.3 is 0 Å². The Morgan fingerprint density at radius 2 is 0.419 bits per heavy atom. The average Bonchev–Trinajstić information content (AvgIpc) is 0.773. The molecule has 12 aliphatic rings. The molecule has 0 aliphatic carbocycles. The Kier molecular flexibility index (Phi) is 16.3. The fourth-order valence-corrected chi connectivity index (χ4v) is 30.2. The number of para-hydroxylation sites is 20. The molecular weight excluding hydrogens is 1840 g/mol. The number of nitrogens with zero attached hydrogens (tertiary/aromatic N) is 9. The molecule has 16 heteroatoms. The predicted octanol–water partition coefficient (Wildman–Crippen LogP) is 29.0. The molecule has 3 aromatic heterocycles. The minimum absolute atomic E-state index is 0.0117. The van der Waals surface area contributed by atoms with Gasteiger partial charge in [0.25, 0.3) is 20.1 Å². The molecule has 0 spiro atoms. The van der Waals surface area contributed by atoms with Crippen LogP contribution in [0.4, 0.5) is 102 Å². The molecule has 36 rings (SSSR count). The average molecular weight is 1920 g/mol. The van der Waals surface area contributed by atoms with Crippen LogP contribution >= 0.6 is 23.5 Å². The Labute approximate surface area is 863 Å². The maximum atomic E-state index is 6.63. The van der Waals surface area contributed by atoms with Crippen molar-refractivity contribution in [3.63, 3.8) is 0 Å². The van der Waals surface area contributed by atoms with Gasteiger partial charge in [-0.05, 0) is 229 Å². The number of fused-ring (bicyclic) bond motifs is 33. The lowest BCUT2D eigenvalue weighted by molar-refractivity contribution is 0.477. The SMILES string of the molecule is CC1(C)c2ccccc2N2c3cc(-n4c5ccccc5c5ccccc54)cc4c3B(c3cccc1c32)c1cccc2c1N4c1ccccc1C2(C)C.c1ccc2c(c1)Oc1cccc3c1N2c1cc(-n2c4ccccc4c4ccccc42)cc2c1B3c1cccc3c1N2c1ccccc1O3.c1ccc2c(c1)Sc1cccc3c1N2c1cc(-n2c4ccccc4c4ccccc42)cc2c1B3c1cccc3c1N2c1ccccc1S3. The second-order valence-corrected chi connectivity index (χ2v) is 44.1. The monoisotopic (exact) mass is 1920 g/mol. The number of anilines is 18. The number of ether oxygens (including phenoxy) is 2. The molecule has 690 valence electrons. The van der Waals surface area contributed by atoms with Gasteiger partial charge in [-0.1, -0.05) is 330 Å². The van der Waals surface area contributed by atoms with Gasteiger partial charge in [0.2, 0.25) is 0 Å². The number of hydrogen-bond acceptors (Lipinski definition) is 10. The normalized spacial score (nSPS) is 14.9. The zero-order chi connectivity index (χ0) is 96.8. The third-order valence-electron chi connectivity index (χ3n) is 33.9. The summed E-state index contributed by atoms with van der Waals surface area (Å²) in [6, 6.07) is 161. The van der Waals surface area contributed by atoms with Gasteiger partial charge in [-0.3, -0.25) is 0 Å². The van der Waals surface area contributed by atoms with E-state index in [0.717, 1.165) is 62.8 Å². The Morgan fingerprint density at radius 3 is 0.757 bits per heavy atom. The summed E-state index contributed by atoms with van der Waals surface area (Å²) in [6.07, 6.45) is 0. The second kappa shape index (κ2) is 29.6. The lowest BCUT2D eigenvalue weighted by atomic mass is 9.32. The van der Waals surface area contributed by atoms with Crippen LogP contribution < -0.4 is 88.0 Å². The van der Waals surface area contributed by atoms with E-state index in [1.54, 1.807) is 0 Å². The molecule has 0 unspecified atom stereocenters. The lowest BCUT2D eigenvalue weighted by Gasteiger charge is -2.52. The summed E-state index contributed by atoms with van der Waals surface area (Å²) >= 11 is 3.79. The molecule has 0 saturated heterocycles. The van der Waals surface area contributed by atoms with Crippen molar-refractivity contribution in [3.8, 4) is 40.1 Å². The molecule has 12 aliphatic heterocycles. The molecule has 0 fully saturated rings. The summed E-state index contributed by atoms with van der Waals surface area (Å²) in [5.74, 6) is 3.45. The standard InChI is InChI=1S/C48H36BN3.C42H24BN3O2.C42H24BN3S2/c1-47(2)32-17-7-11-25-40(32)51-42-27-29(50-38-23-9-5-15-30(38)31-16-6-10-24-39(31)50)28-43-44(42)49(36-21-13-19-34(47)45(36)51)37-22-14-20-35-46(37)52(43)41-26-12-8-18-33(41)48(35,3)4;2*1-3-15-30-26(11-1)27-12-2-4-16-31(27)44(30)25-23-34-40-35(24-25)46-33-18-6-8-20-37(33)48-39-22-10-14-29(42(39)46)43(40)28-13-9-21-38-41(28)45(34)32-17-5-7-19-36(32)47-38/h5-28H,1-4H3;2*1-24H. The first-order valence-corrected chi connectivity index (χ1v) is 53.0. The van der Waals surface area contributed by atoms with Gasteiger partial charge in [0, 0.05) is 108 Å². The summed E-state index contributed by atoms with van der Waals surface area (Å²) in [7, 11) is 0. The fraction of sp³-hybridized carbons (Fsp3) is 0.0455. The molecule has 0 bridgehead atoms. The highest BCUT2D eigenvalue weighted by molar-refractivity contribution is 8.00. The van der Waals surface area contributed by atoms with E-state index in [1.165, 1.54) is 236 Å². The first-order chi connectivity index (χ1) is 73.0. The number of aromatic nitrogens is 3. The van der Waals surface area contributed by atoms with Gasteiger partial charge in [0.05, 0.1) is 107 Å². The van der Waals surface area contributed by atoms with E-state index in [9.17, 15) is 0 Å². The Bertz CT molecular complexity index is 9260. The minimum Gasteiger partial charge on any atom is -0.453 e. The first-order valence-electron chi connectivity index (χ1n) is 51.4. The van der Waals surface area contributed by atoms with Gasteiger partial charge < -0.3 is 52.6 Å². The smallest absolute Gasteiger partial charge is 0.252 e. The van der Waals surface area contributed by atoms with Crippen molar-refractivity contribution in [2.75, 3.05) is 29.4 Å². The molecule has 11 nitrogen and oxygen atoms in total. The quantitative estimate of drug-likeness (QED) is 0.160. The minimum atomic E-state index is -0.152. The van der Waals surface area contributed by atoms with Gasteiger partial charge in [0.15, 0.2) is 23.0 Å². The van der Waals surface area contributed by atoms with Crippen molar-refractivity contribution in [2.45, 2.75) is 58.1 Å². The number of rotatable bonds is 3. The Balaban J connectivity index is 0.0000000950. The summed E-state index contributed by atoms with van der Waals surface area (Å²) in [4.78, 5) is 20.5. The van der Waals surface area contributed by atoms with E-state index in [0.29, 0.717) is 0 Å². The van der Waals surface area contributed by atoms with E-state index in [2.05, 4.69) is 495 Å². The van der Waals surface area contributed by atoms with E-state index in [-0.39, 0.29) is 31.0 Å². The van der Waals surface area contributed by atoms with Crippen LogP contribution in [0.5, 0.6) is 23.0 Å². The Morgan fingerprint density at radius 1 is 0.189 bits per heavy atom. The summed E-state index contributed by atoms with van der Waals surface area (Å²) < 4.78 is 20.7. The van der Waals surface area contributed by atoms with Crippen LogP contribution in [-0.2, 0) is 10.8 Å². The molecular formula is C132H84B3N9O2S2. The van der Waals surface area contributed by atoms with Crippen LogP contribution in [0.3, 0.4) is 0 Å². The van der Waals surface area contributed by atoms with Crippen molar-refractivity contribution >= 4 is 261 Å². The second-order valence-electron chi connectivity index (χ2n) is 41.9. The van der Waals surface area contributed by atoms with Gasteiger partial charge in [0.1, 0.15) is 0 Å². The molecule has 15 heterocycles. The van der Waals surface area contributed by atoms with Gasteiger partial charge in [-0.2, -0.15) is 0 Å². The fourth-order valence-electron chi connectivity index (χ4n) is 28.0. The van der Waals surface area contributed by atoms with Crippen molar-refractivity contribution in [3.05, 3.63) is 459 Å². The van der Waals surface area contributed by atoms with E-state index in [1.807, 2.05) is 35.7 Å². The topological polar surface area (TPSA) is 52.7 Å². The van der Waals surface area contributed by atoms with Crippen LogP contribution in [0.2, 0.25) is 0 Å². The Hall–Kier alpha value is -17.7. The molecule has 0 radical (unpaired) electrons. The molecule has 24 aromatic rings. The summed E-state index contributed by atoms with van der Waals surface area (Å²) in [5.41, 5.74) is 49.9. The molecule has 0 atom stereocenters. The van der Waals surface area contributed by atoms with Gasteiger partial charge in [-0.15, -0.1) is 0 Å². The molecule has 0 N–H and O–H groups in total. The van der Waals surface area contributed by atoms with Crippen LogP contribution in [0.25, 0.3) is 82.5 Å². The van der Waals surface area contributed by atoms with Crippen molar-refractivity contribution in [1.82, 2.24) is 13.7 Å². The van der Waals surface area contributed by atoms with E-state index < -0.39 is 0 Å². The third-order valence-corrected chi connectivity index (χ3v) is 36.2. The summed E-state index contributed by atoms with van der Waals surface area (Å²) in [6.45, 7) is 9.82. The van der Waals surface area contributed by atoms with Crippen LogP contribution in [0.1, 0.15) is 49.9 Å². The largest absolute Gasteiger partial charge is 0.453 e. The van der Waals surface area contributed by atoms with E-state index in [4.69, 9.17) is 9.47 Å². The highest BCUT2D eigenvalue weighted by atomic mass is 32.2. The van der Waals surface area contributed by atoms with E-state index >= 15 is 0 Å². The van der Waals surface area contributed by atoms with Crippen LogP contribution in [0.15, 0.2) is 456 Å². The summed E-state index contributed by atoms with van der Waals surface area (Å²) in [5, 5.41) is 7.58. The predicted molar refractivity (Wildman–Crippen MR) is 617 cm³/mol. The highest BCUT2D eigenvalue weighted by Crippen LogP contribution is 2.64. The lowest BCUT2D eigenvalue weighted by Crippen LogP contribution is -2.63. The number of benzene rings is 21. The van der Waals surface area contributed by atoms with Crippen molar-refractivity contribution < 1.29 is 9.47 Å². The van der Waals surface area contributed by atoms with Crippen molar-refractivity contribution in [2.24, 2.45) is 0 Å². The van der Waals surface area contributed by atoms with Crippen LogP contribution in [-0.4, -0.2) is 33.8 Å². The molecule has 21 aromatic carbocycles. The zero-order valence-corrected chi connectivity index (χ0v) is 82.6. The molecule has 0 amide bonds. The maximum Gasteiger partial charge on any atom is 0.252 e. The number of hydrogen-bond donors (Lipinski definition) is 0.